The van der Waals surface area contributed by atoms with Gasteiger partial charge in [0.15, 0.2) is 0 Å². The van der Waals surface area contributed by atoms with Gasteiger partial charge in [-0.05, 0) is 33.7 Å². The lowest BCUT2D eigenvalue weighted by Gasteiger charge is -2.13. The van der Waals surface area contributed by atoms with Gasteiger partial charge in [-0.1, -0.05) is 0 Å². The molecule has 0 amide bonds. The van der Waals surface area contributed by atoms with E-state index in [1.54, 1.807) is 6.20 Å². The van der Waals surface area contributed by atoms with E-state index < -0.39 is 0 Å². The van der Waals surface area contributed by atoms with Crippen LogP contribution in [0.4, 0.5) is 5.82 Å². The summed E-state index contributed by atoms with van der Waals surface area (Å²) < 4.78 is 0. The average Bonchev–Trinajstić information content (AvgIpc) is 2.12. The molecule has 0 aliphatic heterocycles. The van der Waals surface area contributed by atoms with Gasteiger partial charge in [0.1, 0.15) is 5.82 Å². The summed E-state index contributed by atoms with van der Waals surface area (Å²) in [5.74, 6) is 0.828. The van der Waals surface area contributed by atoms with E-state index in [1.807, 2.05) is 13.8 Å². The molecule has 4 nitrogen and oxygen atoms in total. The van der Waals surface area contributed by atoms with Crippen LogP contribution in [0.2, 0.25) is 0 Å². The summed E-state index contributed by atoms with van der Waals surface area (Å²) in [6.45, 7) is 6.69. The summed E-state index contributed by atoms with van der Waals surface area (Å²) in [6.07, 6.45) is 2.70. The van der Waals surface area contributed by atoms with Gasteiger partial charge in [-0.2, -0.15) is 0 Å². The van der Waals surface area contributed by atoms with Crippen LogP contribution in [-0.2, 0) is 0 Å². The Hall–Kier alpha value is -1.16. The van der Waals surface area contributed by atoms with Crippen molar-refractivity contribution in [3.8, 4) is 0 Å². The van der Waals surface area contributed by atoms with Crippen LogP contribution in [0.5, 0.6) is 0 Å². The summed E-state index contributed by atoms with van der Waals surface area (Å²) in [5, 5.41) is 3.26. The molecule has 0 fully saturated rings. The highest BCUT2D eigenvalue weighted by molar-refractivity contribution is 5.34. The van der Waals surface area contributed by atoms with Crippen molar-refractivity contribution in [3.63, 3.8) is 0 Å². The maximum Gasteiger partial charge on any atom is 0.145 e. The molecule has 0 radical (unpaired) electrons. The summed E-state index contributed by atoms with van der Waals surface area (Å²) in [5.41, 5.74) is 7.40. The highest BCUT2D eigenvalue weighted by atomic mass is 15.0. The zero-order chi connectivity index (χ0) is 10.6. The summed E-state index contributed by atoms with van der Waals surface area (Å²) in [6, 6.07) is 0.344. The maximum absolute atomic E-state index is 5.46. The smallest absolute Gasteiger partial charge is 0.145 e. The average molecular weight is 194 g/mol. The third kappa shape index (κ3) is 2.96. The van der Waals surface area contributed by atoms with E-state index in [0.29, 0.717) is 12.6 Å². The van der Waals surface area contributed by atoms with Gasteiger partial charge in [-0.3, -0.25) is 4.98 Å². The number of nitrogens with one attached hydrogen (secondary N) is 1. The zero-order valence-electron chi connectivity index (χ0n) is 9.04. The van der Waals surface area contributed by atoms with E-state index in [0.717, 1.165) is 23.6 Å². The predicted octanol–water partition coefficient (Wildman–Crippen LogP) is 1.24. The Morgan fingerprint density at radius 1 is 1.43 bits per heavy atom. The van der Waals surface area contributed by atoms with E-state index in [4.69, 9.17) is 5.73 Å². The molecular weight excluding hydrogens is 176 g/mol. The van der Waals surface area contributed by atoms with E-state index in [-0.39, 0.29) is 0 Å². The fourth-order valence-electron chi connectivity index (χ4n) is 1.19. The maximum atomic E-state index is 5.46. The van der Waals surface area contributed by atoms with Crippen molar-refractivity contribution >= 4 is 5.82 Å². The first-order valence-corrected chi connectivity index (χ1v) is 4.90. The number of nitrogens with zero attached hydrogens (tertiary/aromatic N) is 2. The van der Waals surface area contributed by atoms with Gasteiger partial charge in [-0.15, -0.1) is 0 Å². The van der Waals surface area contributed by atoms with Gasteiger partial charge in [0.25, 0.3) is 0 Å². The molecule has 78 valence electrons. The molecule has 0 spiro atoms. The van der Waals surface area contributed by atoms with Gasteiger partial charge in [0.2, 0.25) is 0 Å². The Bertz CT molecular complexity index is 298. The van der Waals surface area contributed by atoms with Crippen molar-refractivity contribution in [2.75, 3.05) is 11.9 Å². The number of nitrogens with two attached hydrogens (primary N) is 1. The van der Waals surface area contributed by atoms with Crippen molar-refractivity contribution in [3.05, 3.63) is 17.6 Å². The Labute approximate surface area is 85.0 Å². The Kier molecular flexibility index (Phi) is 3.83. The molecule has 1 atom stereocenters. The quantitative estimate of drug-likeness (QED) is 0.757. The molecule has 4 heteroatoms. The minimum atomic E-state index is 0.344. The van der Waals surface area contributed by atoms with E-state index in [9.17, 15) is 0 Å². The van der Waals surface area contributed by atoms with Crippen LogP contribution in [0.3, 0.4) is 0 Å². The van der Waals surface area contributed by atoms with Crippen LogP contribution in [-0.4, -0.2) is 22.6 Å². The number of hydrogen-bond donors (Lipinski definition) is 2. The topological polar surface area (TPSA) is 63.8 Å². The van der Waals surface area contributed by atoms with Gasteiger partial charge in [-0.25, -0.2) is 4.98 Å². The van der Waals surface area contributed by atoms with E-state index in [2.05, 4.69) is 22.2 Å². The van der Waals surface area contributed by atoms with Crippen molar-refractivity contribution < 1.29 is 0 Å². The van der Waals surface area contributed by atoms with Gasteiger partial charge in [0.05, 0.1) is 17.6 Å². The number of hydrogen-bond acceptors (Lipinski definition) is 4. The largest absolute Gasteiger partial charge is 0.366 e. The first-order chi connectivity index (χ1) is 6.63. The molecule has 0 saturated carbocycles. The lowest BCUT2D eigenvalue weighted by molar-refractivity contribution is 0.712. The van der Waals surface area contributed by atoms with Gasteiger partial charge in [0, 0.05) is 6.04 Å². The molecule has 0 bridgehead atoms. The number of rotatable bonds is 4. The first kappa shape index (κ1) is 10.9. The summed E-state index contributed by atoms with van der Waals surface area (Å²) in [7, 11) is 0. The summed E-state index contributed by atoms with van der Waals surface area (Å²) in [4.78, 5) is 8.62. The first-order valence-electron chi connectivity index (χ1n) is 4.90. The fraction of sp³-hybridized carbons (Fsp3) is 0.600. The molecule has 0 aliphatic rings. The molecule has 1 aromatic rings. The van der Waals surface area contributed by atoms with Crippen molar-refractivity contribution in [1.29, 1.82) is 0 Å². The molecule has 0 aromatic carbocycles. The molecule has 3 N–H and O–H groups in total. The Balaban J connectivity index is 2.63. The predicted molar refractivity (Wildman–Crippen MR) is 58.3 cm³/mol. The second-order valence-corrected chi connectivity index (χ2v) is 3.55. The van der Waals surface area contributed by atoms with Crippen molar-refractivity contribution in [2.24, 2.45) is 5.73 Å². The molecule has 1 rings (SSSR count). The Morgan fingerprint density at radius 3 is 2.71 bits per heavy atom. The SMILES string of the molecule is Cc1ncc(NC(C)CCN)nc1C. The van der Waals surface area contributed by atoms with E-state index >= 15 is 0 Å². The van der Waals surface area contributed by atoms with Crippen LogP contribution in [0.1, 0.15) is 24.7 Å². The number of anilines is 1. The zero-order valence-corrected chi connectivity index (χ0v) is 9.04. The third-order valence-electron chi connectivity index (χ3n) is 2.19. The van der Waals surface area contributed by atoms with E-state index in [1.165, 1.54) is 0 Å². The van der Waals surface area contributed by atoms with Crippen molar-refractivity contribution in [1.82, 2.24) is 9.97 Å². The van der Waals surface area contributed by atoms with Crippen LogP contribution in [0, 0.1) is 13.8 Å². The van der Waals surface area contributed by atoms with Crippen LogP contribution in [0.15, 0.2) is 6.20 Å². The van der Waals surface area contributed by atoms with Crippen LogP contribution in [0.25, 0.3) is 0 Å². The second-order valence-electron chi connectivity index (χ2n) is 3.55. The minimum absolute atomic E-state index is 0.344. The minimum Gasteiger partial charge on any atom is -0.366 e. The van der Waals surface area contributed by atoms with Gasteiger partial charge < -0.3 is 11.1 Å². The normalized spacial score (nSPS) is 12.6. The number of aromatic nitrogens is 2. The third-order valence-corrected chi connectivity index (χ3v) is 2.19. The molecule has 1 unspecified atom stereocenters. The molecular formula is C10H18N4. The number of aryl methyl sites for hydroxylation is 2. The van der Waals surface area contributed by atoms with Crippen molar-refractivity contribution in [2.45, 2.75) is 33.2 Å². The fourth-order valence-corrected chi connectivity index (χ4v) is 1.19. The highest BCUT2D eigenvalue weighted by Crippen LogP contribution is 2.07. The lowest BCUT2D eigenvalue weighted by atomic mass is 10.2. The second kappa shape index (κ2) is 4.91. The highest BCUT2D eigenvalue weighted by Gasteiger charge is 2.03. The Morgan fingerprint density at radius 2 is 2.14 bits per heavy atom. The lowest BCUT2D eigenvalue weighted by Crippen LogP contribution is -2.20. The summed E-state index contributed by atoms with van der Waals surface area (Å²) >= 11 is 0. The molecule has 1 heterocycles. The standard InChI is InChI=1S/C10H18N4/c1-7(4-5-11)13-10-6-12-8(2)9(3)14-10/h6-7H,4-5,11H2,1-3H3,(H,13,14). The van der Waals surface area contributed by atoms with Crippen LogP contribution >= 0.6 is 0 Å². The van der Waals surface area contributed by atoms with Crippen LogP contribution < -0.4 is 11.1 Å². The monoisotopic (exact) mass is 194 g/mol. The molecule has 1 aromatic heterocycles. The van der Waals surface area contributed by atoms with Gasteiger partial charge >= 0.3 is 0 Å². The molecule has 0 saturated heterocycles. The molecule has 0 aliphatic carbocycles. The molecule has 14 heavy (non-hydrogen) atoms.